The van der Waals surface area contributed by atoms with Gasteiger partial charge in [-0.15, -0.1) is 24.8 Å². The Morgan fingerprint density at radius 2 is 1.88 bits per heavy atom. The third-order valence-corrected chi connectivity index (χ3v) is 1.67. The number of nitrogens with one attached hydrogen (secondary N) is 1. The van der Waals surface area contributed by atoms with Gasteiger partial charge in [0.05, 0.1) is 13.1 Å². The van der Waals surface area contributed by atoms with Crippen LogP contribution in [0.4, 0.5) is 13.2 Å². The van der Waals surface area contributed by atoms with Crippen LogP contribution in [0.15, 0.2) is 0 Å². The van der Waals surface area contributed by atoms with Crippen molar-refractivity contribution >= 4 is 30.7 Å². The van der Waals surface area contributed by atoms with Gasteiger partial charge in [0, 0.05) is 6.54 Å². The number of carbonyl (C=O) groups excluding carboxylic acids is 1. The lowest BCUT2D eigenvalue weighted by Crippen LogP contribution is -2.35. The molecule has 0 spiro atoms. The first-order valence-electron chi connectivity index (χ1n) is 4.57. The minimum absolute atomic E-state index is 0. The Labute approximate surface area is 111 Å². The van der Waals surface area contributed by atoms with Gasteiger partial charge in [-0.2, -0.15) is 13.2 Å². The third-order valence-electron chi connectivity index (χ3n) is 1.67. The van der Waals surface area contributed by atoms with Crippen LogP contribution in [0.1, 0.15) is 6.42 Å². The van der Waals surface area contributed by atoms with Crippen LogP contribution in [0.5, 0.6) is 0 Å². The molecule has 0 rings (SSSR count). The Bertz CT molecular complexity index is 205. The van der Waals surface area contributed by atoms with Crippen LogP contribution in [0.25, 0.3) is 0 Å². The highest BCUT2D eigenvalue weighted by atomic mass is 35.5. The summed E-state index contributed by atoms with van der Waals surface area (Å²) in [5, 5.41) is 2.48. The summed E-state index contributed by atoms with van der Waals surface area (Å²) in [5.41, 5.74) is 5.03. The number of hydrogen-bond donors (Lipinski definition) is 2. The molecule has 0 heterocycles. The zero-order valence-electron chi connectivity index (χ0n) is 9.42. The molecule has 0 radical (unpaired) electrons. The van der Waals surface area contributed by atoms with Crippen molar-refractivity contribution in [2.45, 2.75) is 12.6 Å². The van der Waals surface area contributed by atoms with E-state index < -0.39 is 12.7 Å². The van der Waals surface area contributed by atoms with E-state index in [0.29, 0.717) is 13.0 Å². The highest BCUT2D eigenvalue weighted by Crippen LogP contribution is 2.15. The molecule has 0 atom stereocenters. The van der Waals surface area contributed by atoms with Crippen molar-refractivity contribution in [3.63, 3.8) is 0 Å². The molecule has 0 bridgehead atoms. The number of carbonyl (C=O) groups is 1. The number of amides is 1. The molecule has 4 nitrogen and oxygen atoms in total. The number of halogens is 5. The molecular weight excluding hydrogens is 282 g/mol. The first kappa shape index (κ1) is 22.0. The summed E-state index contributed by atoms with van der Waals surface area (Å²) in [6, 6.07) is 0. The first-order chi connectivity index (χ1) is 6.85. The Morgan fingerprint density at radius 1 is 1.35 bits per heavy atom. The van der Waals surface area contributed by atoms with E-state index in [1.54, 1.807) is 0 Å². The van der Waals surface area contributed by atoms with E-state index in [9.17, 15) is 18.0 Å². The van der Waals surface area contributed by atoms with Crippen LogP contribution in [-0.2, 0) is 4.79 Å². The molecule has 106 valence electrons. The van der Waals surface area contributed by atoms with E-state index in [2.05, 4.69) is 5.32 Å². The summed E-state index contributed by atoms with van der Waals surface area (Å²) < 4.78 is 35.6. The molecule has 1 amide bonds. The van der Waals surface area contributed by atoms with Gasteiger partial charge in [0.15, 0.2) is 0 Å². The smallest absolute Gasteiger partial charge is 0.355 e. The maximum absolute atomic E-state index is 11.9. The standard InChI is InChI=1S/C8H16F3N3O.2ClH/c1-14(6-8(9,10)11)4-2-3-13-7(15)5-12;;/h2-6,12H2,1H3,(H,13,15);2*1H. The van der Waals surface area contributed by atoms with Gasteiger partial charge in [0.1, 0.15) is 0 Å². The van der Waals surface area contributed by atoms with Crippen LogP contribution < -0.4 is 11.1 Å². The van der Waals surface area contributed by atoms with E-state index in [-0.39, 0.29) is 43.8 Å². The summed E-state index contributed by atoms with van der Waals surface area (Å²) in [5.74, 6) is -0.298. The van der Waals surface area contributed by atoms with E-state index in [1.165, 1.54) is 7.05 Å². The number of nitrogens with two attached hydrogens (primary N) is 1. The average molecular weight is 300 g/mol. The number of hydrogen-bond acceptors (Lipinski definition) is 3. The van der Waals surface area contributed by atoms with Crippen LogP contribution in [0, 0.1) is 0 Å². The maximum Gasteiger partial charge on any atom is 0.401 e. The minimum Gasteiger partial charge on any atom is -0.355 e. The summed E-state index contributed by atoms with van der Waals surface area (Å²) in [6.45, 7) is -0.404. The molecule has 0 aliphatic rings. The van der Waals surface area contributed by atoms with Gasteiger partial charge in [-0.05, 0) is 20.0 Å². The monoisotopic (exact) mass is 299 g/mol. The van der Waals surface area contributed by atoms with Crippen molar-refractivity contribution in [2.75, 3.05) is 33.2 Å². The fourth-order valence-corrected chi connectivity index (χ4v) is 1.03. The second-order valence-corrected chi connectivity index (χ2v) is 3.26. The SMILES string of the molecule is CN(CCCNC(=O)CN)CC(F)(F)F.Cl.Cl. The van der Waals surface area contributed by atoms with Gasteiger partial charge in [0.25, 0.3) is 0 Å². The van der Waals surface area contributed by atoms with E-state index in [4.69, 9.17) is 5.73 Å². The molecule has 0 saturated carbocycles. The van der Waals surface area contributed by atoms with Crippen LogP contribution in [-0.4, -0.2) is 50.2 Å². The predicted molar refractivity (Wildman–Crippen MR) is 64.7 cm³/mol. The molecule has 0 saturated heterocycles. The van der Waals surface area contributed by atoms with Crippen molar-refractivity contribution in [1.82, 2.24) is 10.2 Å². The fourth-order valence-electron chi connectivity index (χ4n) is 1.03. The fraction of sp³-hybridized carbons (Fsp3) is 0.875. The largest absolute Gasteiger partial charge is 0.401 e. The predicted octanol–water partition coefficient (Wildman–Crippen LogP) is 0.789. The molecule has 0 aliphatic heterocycles. The number of rotatable bonds is 6. The zero-order valence-corrected chi connectivity index (χ0v) is 11.1. The van der Waals surface area contributed by atoms with E-state index in [0.717, 1.165) is 4.90 Å². The number of nitrogens with zero attached hydrogens (tertiary/aromatic N) is 1. The molecule has 17 heavy (non-hydrogen) atoms. The molecule has 0 fully saturated rings. The maximum atomic E-state index is 11.9. The Hall–Kier alpha value is -0.240. The molecule has 0 aliphatic carbocycles. The molecular formula is C8H18Cl2F3N3O. The highest BCUT2D eigenvalue weighted by Gasteiger charge is 2.28. The van der Waals surface area contributed by atoms with Gasteiger partial charge >= 0.3 is 6.18 Å². The number of alkyl halides is 3. The van der Waals surface area contributed by atoms with Crippen molar-refractivity contribution in [3.8, 4) is 0 Å². The molecule has 0 aromatic heterocycles. The average Bonchev–Trinajstić information content (AvgIpc) is 2.09. The molecule has 9 heteroatoms. The molecule has 3 N–H and O–H groups in total. The lowest BCUT2D eigenvalue weighted by Gasteiger charge is -2.18. The third kappa shape index (κ3) is 15.8. The van der Waals surface area contributed by atoms with Crippen LogP contribution >= 0.6 is 24.8 Å². The quantitative estimate of drug-likeness (QED) is 0.713. The van der Waals surface area contributed by atoms with Crippen molar-refractivity contribution in [1.29, 1.82) is 0 Å². The molecule has 0 aromatic rings. The minimum atomic E-state index is -4.17. The summed E-state index contributed by atoms with van der Waals surface area (Å²) in [4.78, 5) is 11.8. The van der Waals surface area contributed by atoms with Gasteiger partial charge < -0.3 is 11.1 Å². The first-order valence-corrected chi connectivity index (χ1v) is 4.57. The van der Waals surface area contributed by atoms with Crippen LogP contribution in [0.3, 0.4) is 0 Å². The molecule has 0 unspecified atom stereocenters. The Kier molecular flexibility index (Phi) is 14.1. The lowest BCUT2D eigenvalue weighted by atomic mass is 10.3. The lowest BCUT2D eigenvalue weighted by molar-refractivity contribution is -0.143. The van der Waals surface area contributed by atoms with Gasteiger partial charge in [-0.25, -0.2) is 0 Å². The van der Waals surface area contributed by atoms with E-state index in [1.807, 2.05) is 0 Å². The summed E-state index contributed by atoms with van der Waals surface area (Å²) in [6.07, 6.45) is -3.70. The second kappa shape index (κ2) is 10.9. The highest BCUT2D eigenvalue weighted by molar-refractivity contribution is 5.85. The van der Waals surface area contributed by atoms with Gasteiger partial charge in [-0.1, -0.05) is 0 Å². The Balaban J connectivity index is -0.000000980. The summed E-state index contributed by atoms with van der Waals surface area (Å²) in [7, 11) is 1.39. The van der Waals surface area contributed by atoms with Gasteiger partial charge in [0.2, 0.25) is 5.91 Å². The topological polar surface area (TPSA) is 58.4 Å². The van der Waals surface area contributed by atoms with Crippen molar-refractivity contribution < 1.29 is 18.0 Å². The van der Waals surface area contributed by atoms with Crippen LogP contribution in [0.2, 0.25) is 0 Å². The Morgan fingerprint density at radius 3 is 2.29 bits per heavy atom. The summed E-state index contributed by atoms with van der Waals surface area (Å²) >= 11 is 0. The molecule has 0 aromatic carbocycles. The van der Waals surface area contributed by atoms with Crippen molar-refractivity contribution in [2.24, 2.45) is 5.73 Å². The van der Waals surface area contributed by atoms with Gasteiger partial charge in [-0.3, -0.25) is 9.69 Å². The zero-order chi connectivity index (χ0) is 11.9. The van der Waals surface area contributed by atoms with Crippen molar-refractivity contribution in [3.05, 3.63) is 0 Å². The van der Waals surface area contributed by atoms with E-state index >= 15 is 0 Å². The normalized spacial score (nSPS) is 10.5. The second-order valence-electron chi connectivity index (χ2n) is 3.26.